The van der Waals surface area contributed by atoms with Crippen LogP contribution in [0.3, 0.4) is 0 Å². The summed E-state index contributed by atoms with van der Waals surface area (Å²) in [7, 11) is 2.60. The van der Waals surface area contributed by atoms with Gasteiger partial charge in [0.15, 0.2) is 6.10 Å². The Labute approximate surface area is 112 Å². The van der Waals surface area contributed by atoms with Crippen LogP contribution in [0.1, 0.15) is 18.4 Å². The van der Waals surface area contributed by atoms with Gasteiger partial charge in [-0.3, -0.25) is 4.79 Å². The Bertz CT molecular complexity index is 402. The zero-order valence-electron chi connectivity index (χ0n) is 11.1. The van der Waals surface area contributed by atoms with E-state index >= 15 is 0 Å². The highest BCUT2D eigenvalue weighted by Crippen LogP contribution is 2.10. The molecule has 0 saturated carbocycles. The standard InChI is InChI=1S/C14H18O5/c1-17-13(15)9-8-12(14(16)18-2)19-10-11-6-4-3-5-7-11/h3-7,12H,8-10H2,1-2H3/t12-/m0/s1. The topological polar surface area (TPSA) is 61.8 Å². The van der Waals surface area contributed by atoms with Gasteiger partial charge < -0.3 is 14.2 Å². The summed E-state index contributed by atoms with van der Waals surface area (Å²) in [5.41, 5.74) is 0.953. The van der Waals surface area contributed by atoms with Crippen molar-refractivity contribution in [3.8, 4) is 0 Å². The molecule has 0 bridgehead atoms. The van der Waals surface area contributed by atoms with Crippen LogP contribution in [-0.4, -0.2) is 32.3 Å². The number of hydrogen-bond acceptors (Lipinski definition) is 5. The van der Waals surface area contributed by atoms with Gasteiger partial charge in [-0.1, -0.05) is 30.3 Å². The summed E-state index contributed by atoms with van der Waals surface area (Å²) in [6, 6.07) is 9.47. The minimum Gasteiger partial charge on any atom is -0.469 e. The number of ether oxygens (including phenoxy) is 3. The molecule has 0 heterocycles. The third kappa shape index (κ3) is 5.52. The molecule has 0 N–H and O–H groups in total. The van der Waals surface area contributed by atoms with Crippen molar-refractivity contribution in [2.75, 3.05) is 14.2 Å². The maximum atomic E-state index is 11.5. The first-order valence-corrected chi connectivity index (χ1v) is 5.97. The summed E-state index contributed by atoms with van der Waals surface area (Å²) in [6.45, 7) is 0.293. The second-order valence-electron chi connectivity index (χ2n) is 3.92. The molecule has 1 atom stereocenters. The van der Waals surface area contributed by atoms with Crippen LogP contribution in [0.5, 0.6) is 0 Å². The van der Waals surface area contributed by atoms with Gasteiger partial charge in [-0.2, -0.15) is 0 Å². The van der Waals surface area contributed by atoms with E-state index in [0.717, 1.165) is 5.56 Å². The molecule has 0 radical (unpaired) electrons. The minimum absolute atomic E-state index is 0.116. The zero-order valence-corrected chi connectivity index (χ0v) is 11.1. The lowest BCUT2D eigenvalue weighted by molar-refractivity contribution is -0.156. The lowest BCUT2D eigenvalue weighted by Crippen LogP contribution is -2.26. The molecule has 0 amide bonds. The summed E-state index contributed by atoms with van der Waals surface area (Å²) in [6.07, 6.45) is -0.402. The summed E-state index contributed by atoms with van der Waals surface area (Å²) in [4.78, 5) is 22.6. The smallest absolute Gasteiger partial charge is 0.335 e. The van der Waals surface area contributed by atoms with E-state index in [1.807, 2.05) is 30.3 Å². The molecular formula is C14H18O5. The molecule has 0 aliphatic rings. The Morgan fingerprint density at radius 3 is 2.37 bits per heavy atom. The van der Waals surface area contributed by atoms with E-state index < -0.39 is 12.1 Å². The molecule has 19 heavy (non-hydrogen) atoms. The highest BCUT2D eigenvalue weighted by molar-refractivity contribution is 5.76. The van der Waals surface area contributed by atoms with Gasteiger partial charge in [-0.15, -0.1) is 0 Å². The van der Waals surface area contributed by atoms with E-state index in [2.05, 4.69) is 9.47 Å². The normalized spacial score (nSPS) is 11.7. The molecular weight excluding hydrogens is 248 g/mol. The first-order valence-electron chi connectivity index (χ1n) is 5.97. The van der Waals surface area contributed by atoms with Crippen LogP contribution in [0.15, 0.2) is 30.3 Å². The van der Waals surface area contributed by atoms with Gasteiger partial charge in [0.05, 0.1) is 20.8 Å². The van der Waals surface area contributed by atoms with E-state index in [4.69, 9.17) is 4.74 Å². The lowest BCUT2D eigenvalue weighted by Gasteiger charge is -2.15. The molecule has 1 rings (SSSR count). The van der Waals surface area contributed by atoms with Crippen LogP contribution >= 0.6 is 0 Å². The number of rotatable bonds is 7. The van der Waals surface area contributed by atoms with E-state index in [9.17, 15) is 9.59 Å². The highest BCUT2D eigenvalue weighted by atomic mass is 16.6. The van der Waals surface area contributed by atoms with Crippen molar-refractivity contribution in [3.63, 3.8) is 0 Å². The van der Waals surface area contributed by atoms with E-state index in [1.54, 1.807) is 0 Å². The van der Waals surface area contributed by atoms with Gasteiger partial charge in [-0.25, -0.2) is 4.79 Å². The van der Waals surface area contributed by atoms with E-state index in [-0.39, 0.29) is 18.8 Å². The molecule has 1 aromatic carbocycles. The van der Waals surface area contributed by atoms with Crippen molar-refractivity contribution in [1.29, 1.82) is 0 Å². The summed E-state index contributed by atoms with van der Waals surface area (Å²) < 4.78 is 14.7. The minimum atomic E-state index is -0.760. The van der Waals surface area contributed by atoms with E-state index in [0.29, 0.717) is 6.61 Å². The maximum absolute atomic E-state index is 11.5. The van der Waals surface area contributed by atoms with Crippen molar-refractivity contribution in [2.24, 2.45) is 0 Å². The predicted molar refractivity (Wildman–Crippen MR) is 68.3 cm³/mol. The third-order valence-corrected chi connectivity index (χ3v) is 2.60. The summed E-state index contributed by atoms with van der Waals surface area (Å²) in [5, 5.41) is 0. The first-order chi connectivity index (χ1) is 9.17. The number of carbonyl (C=O) groups excluding carboxylic acids is 2. The average Bonchev–Trinajstić information content (AvgIpc) is 2.47. The van der Waals surface area contributed by atoms with Crippen molar-refractivity contribution in [2.45, 2.75) is 25.6 Å². The van der Waals surface area contributed by atoms with Crippen molar-refractivity contribution in [3.05, 3.63) is 35.9 Å². The zero-order chi connectivity index (χ0) is 14.1. The van der Waals surface area contributed by atoms with Crippen LogP contribution in [0.4, 0.5) is 0 Å². The van der Waals surface area contributed by atoms with Crippen LogP contribution in [0.25, 0.3) is 0 Å². The third-order valence-electron chi connectivity index (χ3n) is 2.60. The molecule has 1 aromatic rings. The Morgan fingerprint density at radius 1 is 1.11 bits per heavy atom. The van der Waals surface area contributed by atoms with Crippen molar-refractivity contribution in [1.82, 2.24) is 0 Å². The molecule has 0 aliphatic heterocycles. The number of hydrogen-bond donors (Lipinski definition) is 0. The fourth-order valence-corrected chi connectivity index (χ4v) is 1.52. The van der Waals surface area contributed by atoms with E-state index in [1.165, 1.54) is 14.2 Å². The monoisotopic (exact) mass is 266 g/mol. The van der Waals surface area contributed by atoms with Crippen molar-refractivity contribution < 1.29 is 23.8 Å². The van der Waals surface area contributed by atoms with Crippen LogP contribution in [0, 0.1) is 0 Å². The first kappa shape index (κ1) is 15.2. The fraction of sp³-hybridized carbons (Fsp3) is 0.429. The molecule has 0 spiro atoms. The Morgan fingerprint density at radius 2 is 1.79 bits per heavy atom. The summed E-state index contributed by atoms with van der Waals surface area (Å²) >= 11 is 0. The highest BCUT2D eigenvalue weighted by Gasteiger charge is 2.21. The molecule has 5 heteroatoms. The Hall–Kier alpha value is -1.88. The predicted octanol–water partition coefficient (Wildman–Crippen LogP) is 1.70. The number of benzene rings is 1. The van der Waals surface area contributed by atoms with Gasteiger partial charge in [-0.05, 0) is 12.0 Å². The largest absolute Gasteiger partial charge is 0.469 e. The number of carbonyl (C=O) groups is 2. The second kappa shape index (κ2) is 8.26. The van der Waals surface area contributed by atoms with Crippen LogP contribution in [0.2, 0.25) is 0 Å². The van der Waals surface area contributed by atoms with Gasteiger partial charge in [0.2, 0.25) is 0 Å². The molecule has 0 aliphatic carbocycles. The lowest BCUT2D eigenvalue weighted by atomic mass is 10.2. The molecule has 104 valence electrons. The Kier molecular flexibility index (Phi) is 6.60. The van der Waals surface area contributed by atoms with Crippen LogP contribution < -0.4 is 0 Å². The quantitative estimate of drug-likeness (QED) is 0.703. The average molecular weight is 266 g/mol. The molecule has 0 aromatic heterocycles. The molecule has 0 fully saturated rings. The SMILES string of the molecule is COC(=O)CC[C@H](OCc1ccccc1)C(=O)OC. The second-order valence-corrected chi connectivity index (χ2v) is 3.92. The molecule has 0 unspecified atom stereocenters. The fourth-order valence-electron chi connectivity index (χ4n) is 1.52. The number of esters is 2. The van der Waals surface area contributed by atoms with Gasteiger partial charge in [0.1, 0.15) is 0 Å². The Balaban J connectivity index is 2.50. The molecule has 5 nitrogen and oxygen atoms in total. The number of methoxy groups -OCH3 is 2. The summed E-state index contributed by atoms with van der Waals surface area (Å²) in [5.74, 6) is -0.864. The van der Waals surface area contributed by atoms with Gasteiger partial charge >= 0.3 is 11.9 Å². The molecule has 0 saturated heterocycles. The maximum Gasteiger partial charge on any atom is 0.335 e. The van der Waals surface area contributed by atoms with Crippen molar-refractivity contribution >= 4 is 11.9 Å². The van der Waals surface area contributed by atoms with Crippen LogP contribution in [-0.2, 0) is 30.4 Å². The van der Waals surface area contributed by atoms with Gasteiger partial charge in [0.25, 0.3) is 0 Å². The van der Waals surface area contributed by atoms with Gasteiger partial charge in [0, 0.05) is 6.42 Å².